The third kappa shape index (κ3) is 4.05. The SMILES string of the molecule is CN1CCCN(C(=O)Cn2nnc(-c3ccc(Cl)cc3)n2)CC1. The van der Waals surface area contributed by atoms with Gasteiger partial charge >= 0.3 is 0 Å². The number of hydrogen-bond acceptors (Lipinski definition) is 5. The van der Waals surface area contributed by atoms with E-state index in [9.17, 15) is 4.79 Å². The summed E-state index contributed by atoms with van der Waals surface area (Å²) in [7, 11) is 2.07. The molecule has 8 heteroatoms. The molecule has 1 aliphatic rings. The molecular formula is C15H19ClN6O. The summed E-state index contributed by atoms with van der Waals surface area (Å²) in [4.78, 5) is 17.8. The Morgan fingerprint density at radius 2 is 1.96 bits per heavy atom. The molecule has 0 unspecified atom stereocenters. The van der Waals surface area contributed by atoms with Crippen LogP contribution >= 0.6 is 11.6 Å². The highest BCUT2D eigenvalue weighted by molar-refractivity contribution is 6.30. The number of rotatable bonds is 3. The van der Waals surface area contributed by atoms with E-state index in [1.165, 1.54) is 4.80 Å². The number of tetrazole rings is 1. The monoisotopic (exact) mass is 334 g/mol. The molecule has 122 valence electrons. The fourth-order valence-electron chi connectivity index (χ4n) is 2.54. The van der Waals surface area contributed by atoms with E-state index in [-0.39, 0.29) is 12.5 Å². The number of hydrogen-bond donors (Lipinski definition) is 0. The van der Waals surface area contributed by atoms with Gasteiger partial charge < -0.3 is 9.80 Å². The van der Waals surface area contributed by atoms with Crippen LogP contribution in [0.15, 0.2) is 24.3 Å². The minimum Gasteiger partial charge on any atom is -0.340 e. The Morgan fingerprint density at radius 3 is 2.74 bits per heavy atom. The first-order chi connectivity index (χ1) is 11.1. The van der Waals surface area contributed by atoms with E-state index in [1.807, 2.05) is 17.0 Å². The van der Waals surface area contributed by atoms with Crippen LogP contribution in [-0.4, -0.2) is 69.1 Å². The topological polar surface area (TPSA) is 67.2 Å². The standard InChI is InChI=1S/C15H19ClN6O/c1-20-7-2-8-21(10-9-20)14(23)11-22-18-15(17-19-22)12-3-5-13(16)6-4-12/h3-6H,2,7-11H2,1H3. The second-order valence-corrected chi connectivity index (χ2v) is 6.12. The number of amides is 1. The Bertz CT molecular complexity index is 671. The smallest absolute Gasteiger partial charge is 0.246 e. The van der Waals surface area contributed by atoms with Gasteiger partial charge in [-0.3, -0.25) is 4.79 Å². The minimum atomic E-state index is 0.0281. The van der Waals surface area contributed by atoms with Gasteiger partial charge in [-0.15, -0.1) is 10.2 Å². The van der Waals surface area contributed by atoms with Gasteiger partial charge in [0.15, 0.2) is 0 Å². The van der Waals surface area contributed by atoms with Crippen LogP contribution in [0.4, 0.5) is 0 Å². The summed E-state index contributed by atoms with van der Waals surface area (Å²) in [5.74, 6) is 0.519. The van der Waals surface area contributed by atoms with Gasteiger partial charge in [-0.2, -0.15) is 4.80 Å². The lowest BCUT2D eigenvalue weighted by Crippen LogP contribution is -2.37. The van der Waals surface area contributed by atoms with Crippen molar-refractivity contribution < 1.29 is 4.79 Å². The molecule has 0 atom stereocenters. The molecule has 2 heterocycles. The van der Waals surface area contributed by atoms with Crippen LogP contribution in [0.1, 0.15) is 6.42 Å². The fourth-order valence-corrected chi connectivity index (χ4v) is 2.67. The number of aromatic nitrogens is 4. The first-order valence-corrected chi connectivity index (χ1v) is 8.00. The molecule has 1 saturated heterocycles. The molecule has 2 aromatic rings. The molecule has 3 rings (SSSR count). The number of halogens is 1. The maximum atomic E-state index is 12.4. The van der Waals surface area contributed by atoms with Crippen LogP contribution in [0, 0.1) is 0 Å². The van der Waals surface area contributed by atoms with E-state index < -0.39 is 0 Å². The summed E-state index contributed by atoms with van der Waals surface area (Å²) in [6.45, 7) is 3.55. The quantitative estimate of drug-likeness (QED) is 0.842. The van der Waals surface area contributed by atoms with Crippen molar-refractivity contribution in [2.24, 2.45) is 0 Å². The number of carbonyl (C=O) groups excluding carboxylic acids is 1. The summed E-state index contributed by atoms with van der Waals surface area (Å²) in [5.41, 5.74) is 0.824. The molecule has 1 aromatic heterocycles. The molecule has 1 fully saturated rings. The van der Waals surface area contributed by atoms with Gasteiger partial charge in [-0.25, -0.2) is 0 Å². The van der Waals surface area contributed by atoms with Crippen molar-refractivity contribution in [2.75, 3.05) is 33.2 Å². The summed E-state index contributed by atoms with van der Waals surface area (Å²) < 4.78 is 0. The van der Waals surface area contributed by atoms with Crippen molar-refractivity contribution >= 4 is 17.5 Å². The first-order valence-electron chi connectivity index (χ1n) is 7.62. The lowest BCUT2D eigenvalue weighted by molar-refractivity contribution is -0.132. The number of benzene rings is 1. The zero-order valence-corrected chi connectivity index (χ0v) is 13.8. The minimum absolute atomic E-state index is 0.0281. The zero-order valence-electron chi connectivity index (χ0n) is 13.0. The summed E-state index contributed by atoms with van der Waals surface area (Å²) in [6.07, 6.45) is 0.989. The molecule has 0 saturated carbocycles. The van der Waals surface area contributed by atoms with Crippen LogP contribution in [0.25, 0.3) is 11.4 Å². The Balaban J connectivity index is 1.64. The van der Waals surface area contributed by atoms with Gasteiger partial charge in [-0.05, 0) is 49.5 Å². The highest BCUT2D eigenvalue weighted by Gasteiger charge is 2.19. The second kappa shape index (κ2) is 7.06. The van der Waals surface area contributed by atoms with Crippen LogP contribution in [-0.2, 0) is 11.3 Å². The number of likely N-dealkylation sites (N-methyl/N-ethyl adjacent to an activating group) is 1. The molecule has 7 nitrogen and oxygen atoms in total. The average molecular weight is 335 g/mol. The predicted molar refractivity (Wildman–Crippen MR) is 87.0 cm³/mol. The second-order valence-electron chi connectivity index (χ2n) is 5.69. The van der Waals surface area contributed by atoms with Crippen LogP contribution in [0.3, 0.4) is 0 Å². The van der Waals surface area contributed by atoms with Gasteiger partial charge in [0.1, 0.15) is 6.54 Å². The molecule has 1 aliphatic heterocycles. The summed E-state index contributed by atoms with van der Waals surface area (Å²) in [6, 6.07) is 7.21. The summed E-state index contributed by atoms with van der Waals surface area (Å²) in [5, 5.41) is 12.9. The van der Waals surface area contributed by atoms with Crippen molar-refractivity contribution in [2.45, 2.75) is 13.0 Å². The third-order valence-electron chi connectivity index (χ3n) is 3.90. The van der Waals surface area contributed by atoms with Crippen molar-refractivity contribution in [3.8, 4) is 11.4 Å². The van der Waals surface area contributed by atoms with Crippen LogP contribution < -0.4 is 0 Å². The van der Waals surface area contributed by atoms with Gasteiger partial charge in [0.05, 0.1) is 0 Å². The molecule has 1 amide bonds. The zero-order chi connectivity index (χ0) is 16.2. The van der Waals surface area contributed by atoms with Gasteiger partial charge in [-0.1, -0.05) is 11.6 Å². The van der Waals surface area contributed by atoms with E-state index in [0.29, 0.717) is 10.8 Å². The Hall–Kier alpha value is -1.99. The van der Waals surface area contributed by atoms with E-state index in [2.05, 4.69) is 27.4 Å². The Kier molecular flexibility index (Phi) is 4.88. The maximum absolute atomic E-state index is 12.4. The van der Waals surface area contributed by atoms with Crippen molar-refractivity contribution in [3.05, 3.63) is 29.3 Å². The lowest BCUT2D eigenvalue weighted by atomic mass is 10.2. The van der Waals surface area contributed by atoms with E-state index in [1.54, 1.807) is 12.1 Å². The van der Waals surface area contributed by atoms with Gasteiger partial charge in [0.2, 0.25) is 11.7 Å². The highest BCUT2D eigenvalue weighted by atomic mass is 35.5. The largest absolute Gasteiger partial charge is 0.340 e. The molecule has 0 radical (unpaired) electrons. The summed E-state index contributed by atoms with van der Waals surface area (Å²) >= 11 is 5.87. The molecule has 0 spiro atoms. The van der Waals surface area contributed by atoms with E-state index in [4.69, 9.17) is 11.6 Å². The molecule has 0 aliphatic carbocycles. The first kappa shape index (κ1) is 15.9. The molecule has 0 N–H and O–H groups in total. The third-order valence-corrected chi connectivity index (χ3v) is 4.16. The number of nitrogens with zero attached hydrogens (tertiary/aromatic N) is 6. The van der Waals surface area contributed by atoms with Crippen molar-refractivity contribution in [3.63, 3.8) is 0 Å². The molecule has 0 bridgehead atoms. The van der Waals surface area contributed by atoms with Gasteiger partial charge in [0, 0.05) is 30.2 Å². The van der Waals surface area contributed by atoms with Gasteiger partial charge in [0.25, 0.3) is 0 Å². The van der Waals surface area contributed by atoms with Crippen LogP contribution in [0.2, 0.25) is 5.02 Å². The van der Waals surface area contributed by atoms with Crippen molar-refractivity contribution in [1.29, 1.82) is 0 Å². The lowest BCUT2D eigenvalue weighted by Gasteiger charge is -2.19. The molecule has 23 heavy (non-hydrogen) atoms. The van der Waals surface area contributed by atoms with Crippen molar-refractivity contribution in [1.82, 2.24) is 30.0 Å². The average Bonchev–Trinajstić information content (AvgIpc) is 2.88. The molecule has 1 aromatic carbocycles. The van der Waals surface area contributed by atoms with E-state index in [0.717, 1.165) is 38.2 Å². The highest BCUT2D eigenvalue weighted by Crippen LogP contribution is 2.17. The fraction of sp³-hybridized carbons (Fsp3) is 0.467. The van der Waals surface area contributed by atoms with E-state index >= 15 is 0 Å². The Labute approximate surface area is 139 Å². The predicted octanol–water partition coefficient (Wildman–Crippen LogP) is 1.16. The molecular weight excluding hydrogens is 316 g/mol. The number of carbonyl (C=O) groups is 1. The normalized spacial score (nSPS) is 16.3. The maximum Gasteiger partial charge on any atom is 0.246 e. The Morgan fingerprint density at radius 1 is 1.17 bits per heavy atom. The van der Waals surface area contributed by atoms with Crippen LogP contribution in [0.5, 0.6) is 0 Å².